The van der Waals surface area contributed by atoms with E-state index in [1.54, 1.807) is 0 Å². The van der Waals surface area contributed by atoms with Gasteiger partial charge in [-0.1, -0.05) is 24.3 Å². The number of halogens is 2. The topological polar surface area (TPSA) is 29.3 Å². The van der Waals surface area contributed by atoms with Crippen LogP contribution in [0.1, 0.15) is 29.2 Å². The molecule has 4 heteroatoms. The zero-order valence-corrected chi connectivity index (χ0v) is 11.7. The zero-order chi connectivity index (χ0) is 14.8. The van der Waals surface area contributed by atoms with Crippen molar-refractivity contribution in [2.75, 3.05) is 6.54 Å². The van der Waals surface area contributed by atoms with Crippen LogP contribution in [0.15, 0.2) is 42.5 Å². The van der Waals surface area contributed by atoms with Gasteiger partial charge in [-0.2, -0.15) is 0 Å². The van der Waals surface area contributed by atoms with E-state index in [1.807, 2.05) is 12.1 Å². The smallest absolute Gasteiger partial charge is 0.126 e. The van der Waals surface area contributed by atoms with Gasteiger partial charge in [-0.3, -0.25) is 4.90 Å². The molecule has 0 bridgehead atoms. The molecule has 2 aromatic carbocycles. The van der Waals surface area contributed by atoms with Gasteiger partial charge in [0.15, 0.2) is 0 Å². The summed E-state index contributed by atoms with van der Waals surface area (Å²) in [7, 11) is 0. The predicted molar refractivity (Wildman–Crippen MR) is 78.5 cm³/mol. The molecule has 1 unspecified atom stereocenters. The molecule has 2 aromatic rings. The Hall–Kier alpha value is -1.78. The second-order valence-corrected chi connectivity index (χ2v) is 5.58. The summed E-state index contributed by atoms with van der Waals surface area (Å²) in [4.78, 5) is 2.31. The van der Waals surface area contributed by atoms with E-state index >= 15 is 0 Å². The molecule has 110 valence electrons. The van der Waals surface area contributed by atoms with Crippen LogP contribution >= 0.6 is 0 Å². The highest BCUT2D eigenvalue weighted by molar-refractivity contribution is 5.30. The van der Waals surface area contributed by atoms with Crippen molar-refractivity contribution in [1.82, 2.24) is 4.90 Å². The Morgan fingerprint density at radius 1 is 1.00 bits per heavy atom. The van der Waals surface area contributed by atoms with Crippen molar-refractivity contribution in [3.8, 4) is 0 Å². The van der Waals surface area contributed by atoms with Crippen LogP contribution in [0.25, 0.3) is 0 Å². The largest absolute Gasteiger partial charge is 0.324 e. The lowest BCUT2D eigenvalue weighted by Crippen LogP contribution is -2.22. The molecule has 0 aromatic heterocycles. The third kappa shape index (κ3) is 3.28. The van der Waals surface area contributed by atoms with Crippen molar-refractivity contribution in [2.24, 2.45) is 5.73 Å². The first-order valence-electron chi connectivity index (χ1n) is 7.12. The van der Waals surface area contributed by atoms with Crippen LogP contribution in [-0.2, 0) is 13.1 Å². The summed E-state index contributed by atoms with van der Waals surface area (Å²) < 4.78 is 26.4. The molecule has 0 radical (unpaired) electrons. The number of benzene rings is 2. The molecule has 2 nitrogen and oxygen atoms in total. The van der Waals surface area contributed by atoms with Gasteiger partial charge >= 0.3 is 0 Å². The Balaban J connectivity index is 1.59. The van der Waals surface area contributed by atoms with Crippen molar-refractivity contribution in [2.45, 2.75) is 25.6 Å². The summed E-state index contributed by atoms with van der Waals surface area (Å²) in [5, 5.41) is 0. The van der Waals surface area contributed by atoms with Gasteiger partial charge in [0.25, 0.3) is 0 Å². The van der Waals surface area contributed by atoms with Crippen molar-refractivity contribution >= 4 is 0 Å². The first-order valence-corrected chi connectivity index (χ1v) is 7.12. The third-order valence-electron chi connectivity index (χ3n) is 3.98. The first kappa shape index (κ1) is 14.2. The lowest BCUT2D eigenvalue weighted by atomic mass is 10.0. The Labute approximate surface area is 123 Å². The average Bonchev–Trinajstić information content (AvgIpc) is 2.86. The fraction of sp³-hybridized carbons (Fsp3) is 0.294. The van der Waals surface area contributed by atoms with Gasteiger partial charge in [0, 0.05) is 31.7 Å². The van der Waals surface area contributed by atoms with Gasteiger partial charge in [-0.05, 0) is 35.2 Å². The quantitative estimate of drug-likeness (QED) is 0.934. The fourth-order valence-corrected chi connectivity index (χ4v) is 2.84. The van der Waals surface area contributed by atoms with Crippen LogP contribution in [-0.4, -0.2) is 11.4 Å². The SMILES string of the molecule is NC(CCN1Cc2ccccc2C1)c1cc(F)cc(F)c1. The lowest BCUT2D eigenvalue weighted by Gasteiger charge is -2.18. The van der Waals surface area contributed by atoms with E-state index < -0.39 is 11.6 Å². The summed E-state index contributed by atoms with van der Waals surface area (Å²) in [5.74, 6) is -1.15. The highest BCUT2D eigenvalue weighted by Crippen LogP contribution is 2.24. The molecular formula is C17H18F2N2. The van der Waals surface area contributed by atoms with Gasteiger partial charge in [-0.25, -0.2) is 8.78 Å². The maximum atomic E-state index is 13.2. The summed E-state index contributed by atoms with van der Waals surface area (Å²) >= 11 is 0. The Bertz CT molecular complexity index is 597. The molecule has 0 saturated carbocycles. The van der Waals surface area contributed by atoms with Gasteiger partial charge in [0.1, 0.15) is 11.6 Å². The summed E-state index contributed by atoms with van der Waals surface area (Å²) in [5.41, 5.74) is 9.27. The molecule has 0 spiro atoms. The number of fused-ring (bicyclic) bond motifs is 1. The molecular weight excluding hydrogens is 270 g/mol. The standard InChI is InChI=1S/C17H18F2N2/c18-15-7-14(8-16(19)9-15)17(20)5-6-21-10-12-3-1-2-4-13(12)11-21/h1-4,7-9,17H,5-6,10-11,20H2. The monoisotopic (exact) mass is 288 g/mol. The molecule has 2 N–H and O–H groups in total. The number of nitrogens with two attached hydrogens (primary N) is 1. The highest BCUT2D eigenvalue weighted by atomic mass is 19.1. The Morgan fingerprint density at radius 2 is 1.57 bits per heavy atom. The minimum Gasteiger partial charge on any atom is -0.324 e. The fourth-order valence-electron chi connectivity index (χ4n) is 2.84. The molecule has 0 saturated heterocycles. The molecule has 1 aliphatic rings. The molecule has 0 aliphatic carbocycles. The second-order valence-electron chi connectivity index (χ2n) is 5.58. The van der Waals surface area contributed by atoms with E-state index in [0.717, 1.165) is 25.7 Å². The number of nitrogens with zero attached hydrogens (tertiary/aromatic N) is 1. The maximum Gasteiger partial charge on any atom is 0.126 e. The van der Waals surface area contributed by atoms with Gasteiger partial charge in [0.05, 0.1) is 0 Å². The molecule has 1 atom stereocenters. The zero-order valence-electron chi connectivity index (χ0n) is 11.7. The van der Waals surface area contributed by atoms with Crippen LogP contribution in [0.4, 0.5) is 8.78 Å². The summed E-state index contributed by atoms with van der Waals surface area (Å²) in [6.45, 7) is 2.65. The number of hydrogen-bond donors (Lipinski definition) is 1. The molecule has 21 heavy (non-hydrogen) atoms. The number of hydrogen-bond acceptors (Lipinski definition) is 2. The molecule has 0 fully saturated rings. The van der Waals surface area contributed by atoms with E-state index in [1.165, 1.54) is 23.3 Å². The molecule has 1 aliphatic heterocycles. The minimum absolute atomic E-state index is 0.348. The van der Waals surface area contributed by atoms with E-state index in [0.29, 0.717) is 12.0 Å². The van der Waals surface area contributed by atoms with Crippen molar-refractivity contribution < 1.29 is 8.78 Å². The van der Waals surface area contributed by atoms with Crippen molar-refractivity contribution in [3.05, 3.63) is 70.8 Å². The molecule has 0 amide bonds. The van der Waals surface area contributed by atoms with Gasteiger partial charge in [0.2, 0.25) is 0 Å². The third-order valence-corrected chi connectivity index (χ3v) is 3.98. The molecule has 3 rings (SSSR count). The van der Waals surface area contributed by atoms with E-state index in [4.69, 9.17) is 5.73 Å². The Morgan fingerprint density at radius 3 is 2.14 bits per heavy atom. The summed E-state index contributed by atoms with van der Waals surface area (Å²) in [6, 6.07) is 11.5. The van der Waals surface area contributed by atoms with Crippen LogP contribution in [0.5, 0.6) is 0 Å². The Kier molecular flexibility index (Phi) is 3.99. The van der Waals surface area contributed by atoms with Crippen LogP contribution in [0.2, 0.25) is 0 Å². The van der Waals surface area contributed by atoms with E-state index in [2.05, 4.69) is 17.0 Å². The molecule has 1 heterocycles. The lowest BCUT2D eigenvalue weighted by molar-refractivity contribution is 0.272. The maximum absolute atomic E-state index is 13.2. The van der Waals surface area contributed by atoms with Crippen LogP contribution < -0.4 is 5.73 Å². The average molecular weight is 288 g/mol. The van der Waals surface area contributed by atoms with Gasteiger partial charge in [-0.15, -0.1) is 0 Å². The highest BCUT2D eigenvalue weighted by Gasteiger charge is 2.19. The van der Waals surface area contributed by atoms with Gasteiger partial charge < -0.3 is 5.73 Å². The second kappa shape index (κ2) is 5.92. The van der Waals surface area contributed by atoms with E-state index in [9.17, 15) is 8.78 Å². The van der Waals surface area contributed by atoms with E-state index in [-0.39, 0.29) is 6.04 Å². The number of rotatable bonds is 4. The van der Waals surface area contributed by atoms with Crippen molar-refractivity contribution in [3.63, 3.8) is 0 Å². The first-order chi connectivity index (χ1) is 10.1. The minimum atomic E-state index is -0.575. The predicted octanol–water partition coefficient (Wildman–Crippen LogP) is 3.37. The normalized spacial score (nSPS) is 16.0. The van der Waals surface area contributed by atoms with Crippen LogP contribution in [0, 0.1) is 11.6 Å². The summed E-state index contributed by atoms with van der Waals surface area (Å²) in [6.07, 6.45) is 0.677. The van der Waals surface area contributed by atoms with Crippen molar-refractivity contribution in [1.29, 1.82) is 0 Å². The van der Waals surface area contributed by atoms with Crippen LogP contribution in [0.3, 0.4) is 0 Å².